The Balaban J connectivity index is 1.84. The Morgan fingerprint density at radius 2 is 2.04 bits per heavy atom. The molecule has 2 N–H and O–H groups in total. The fourth-order valence-electron chi connectivity index (χ4n) is 2.98. The predicted octanol–water partition coefficient (Wildman–Crippen LogP) is 2.46. The van der Waals surface area contributed by atoms with Crippen LogP contribution in [0, 0.1) is 0 Å². The first kappa shape index (κ1) is 16.0. The number of piperidine rings is 1. The van der Waals surface area contributed by atoms with Crippen molar-refractivity contribution in [1.29, 1.82) is 0 Å². The third-order valence-electron chi connectivity index (χ3n) is 4.38. The summed E-state index contributed by atoms with van der Waals surface area (Å²) >= 11 is 1.42. The molecule has 0 saturated carbocycles. The van der Waals surface area contributed by atoms with E-state index in [0.29, 0.717) is 17.1 Å². The van der Waals surface area contributed by atoms with Crippen LogP contribution in [0.25, 0.3) is 0 Å². The topological polar surface area (TPSA) is 62.5 Å². The number of nitrogen functional groups attached to an aromatic ring is 1. The summed E-state index contributed by atoms with van der Waals surface area (Å²) in [6.07, 6.45) is 5.54. The summed E-state index contributed by atoms with van der Waals surface area (Å²) in [6, 6.07) is 5.99. The molecule has 23 heavy (non-hydrogen) atoms. The van der Waals surface area contributed by atoms with E-state index in [-0.39, 0.29) is 11.9 Å². The molecule has 0 spiro atoms. The van der Waals surface area contributed by atoms with Crippen molar-refractivity contribution in [2.75, 3.05) is 25.9 Å². The number of carbonyl (C=O) groups excluding carboxylic acids is 1. The van der Waals surface area contributed by atoms with Gasteiger partial charge in [-0.2, -0.15) is 0 Å². The van der Waals surface area contributed by atoms with Gasteiger partial charge in [0, 0.05) is 25.0 Å². The SMILES string of the molecule is CN1CCC(N(Cc2ccncc2)C(=O)c2sccc2N)CC1. The molecule has 1 amide bonds. The molecule has 0 radical (unpaired) electrons. The van der Waals surface area contributed by atoms with Crippen LogP contribution in [-0.4, -0.2) is 46.9 Å². The Morgan fingerprint density at radius 1 is 1.35 bits per heavy atom. The van der Waals surface area contributed by atoms with Crippen molar-refractivity contribution < 1.29 is 4.79 Å². The molecule has 5 nitrogen and oxygen atoms in total. The molecule has 0 bridgehead atoms. The number of likely N-dealkylation sites (tertiary alicyclic amines) is 1. The first-order chi connectivity index (χ1) is 11.1. The zero-order valence-corrected chi connectivity index (χ0v) is 14.1. The van der Waals surface area contributed by atoms with Crippen molar-refractivity contribution in [3.63, 3.8) is 0 Å². The minimum Gasteiger partial charge on any atom is -0.397 e. The molecular weight excluding hydrogens is 308 g/mol. The van der Waals surface area contributed by atoms with Gasteiger partial charge in [-0.3, -0.25) is 9.78 Å². The van der Waals surface area contributed by atoms with Gasteiger partial charge in [0.2, 0.25) is 0 Å². The van der Waals surface area contributed by atoms with Gasteiger partial charge < -0.3 is 15.5 Å². The largest absolute Gasteiger partial charge is 0.397 e. The lowest BCUT2D eigenvalue weighted by Crippen LogP contribution is -2.46. The fraction of sp³-hybridized carbons (Fsp3) is 0.412. The third-order valence-corrected chi connectivity index (χ3v) is 5.30. The first-order valence-electron chi connectivity index (χ1n) is 7.86. The lowest BCUT2D eigenvalue weighted by atomic mass is 10.0. The summed E-state index contributed by atoms with van der Waals surface area (Å²) < 4.78 is 0. The van der Waals surface area contributed by atoms with E-state index >= 15 is 0 Å². The standard InChI is InChI=1S/C17H22N4OS/c1-20-9-4-14(5-10-20)21(12-13-2-7-19-8-3-13)17(22)16-15(18)6-11-23-16/h2-3,6-8,11,14H,4-5,9-10,12,18H2,1H3. The Hall–Kier alpha value is -1.92. The van der Waals surface area contributed by atoms with Gasteiger partial charge in [-0.15, -0.1) is 11.3 Å². The van der Waals surface area contributed by atoms with Gasteiger partial charge in [-0.1, -0.05) is 0 Å². The maximum atomic E-state index is 13.0. The van der Waals surface area contributed by atoms with Gasteiger partial charge in [0.05, 0.1) is 5.69 Å². The highest BCUT2D eigenvalue weighted by molar-refractivity contribution is 7.12. The van der Waals surface area contributed by atoms with Gasteiger partial charge in [-0.25, -0.2) is 0 Å². The summed E-state index contributed by atoms with van der Waals surface area (Å²) in [5, 5.41) is 1.88. The van der Waals surface area contributed by atoms with Gasteiger partial charge >= 0.3 is 0 Å². The molecule has 6 heteroatoms. The average molecular weight is 330 g/mol. The molecule has 0 unspecified atom stereocenters. The number of thiophene rings is 1. The average Bonchev–Trinajstić information content (AvgIpc) is 3.00. The van der Waals surface area contributed by atoms with Crippen LogP contribution >= 0.6 is 11.3 Å². The van der Waals surface area contributed by atoms with Gasteiger partial charge in [-0.05, 0) is 62.1 Å². The molecule has 0 aliphatic carbocycles. The second-order valence-corrected chi connectivity index (χ2v) is 6.94. The van der Waals surface area contributed by atoms with E-state index in [1.54, 1.807) is 18.5 Å². The zero-order chi connectivity index (χ0) is 16.2. The molecule has 1 saturated heterocycles. The smallest absolute Gasteiger partial charge is 0.266 e. The summed E-state index contributed by atoms with van der Waals surface area (Å²) in [5.74, 6) is 0.0452. The molecule has 0 atom stereocenters. The van der Waals surface area contributed by atoms with Crippen LogP contribution in [-0.2, 0) is 6.54 Å². The zero-order valence-electron chi connectivity index (χ0n) is 13.3. The molecule has 2 aromatic rings. The normalized spacial score (nSPS) is 16.4. The minimum absolute atomic E-state index is 0.0452. The summed E-state index contributed by atoms with van der Waals surface area (Å²) in [4.78, 5) is 22.0. The molecule has 0 aromatic carbocycles. The van der Waals surface area contributed by atoms with E-state index < -0.39 is 0 Å². The number of nitrogens with two attached hydrogens (primary N) is 1. The predicted molar refractivity (Wildman–Crippen MR) is 93.4 cm³/mol. The van der Waals surface area contributed by atoms with Crippen LogP contribution < -0.4 is 5.73 Å². The first-order valence-corrected chi connectivity index (χ1v) is 8.74. The van der Waals surface area contributed by atoms with Crippen molar-refractivity contribution >= 4 is 22.9 Å². The van der Waals surface area contributed by atoms with Gasteiger partial charge in [0.15, 0.2) is 0 Å². The summed E-state index contributed by atoms with van der Waals surface area (Å²) in [5.41, 5.74) is 7.64. The third kappa shape index (κ3) is 3.71. The lowest BCUT2D eigenvalue weighted by Gasteiger charge is -2.37. The van der Waals surface area contributed by atoms with E-state index in [9.17, 15) is 4.79 Å². The molecule has 1 aliphatic rings. The van der Waals surface area contributed by atoms with Crippen LogP contribution in [0.1, 0.15) is 28.1 Å². The van der Waals surface area contributed by atoms with E-state index in [2.05, 4.69) is 16.9 Å². The second kappa shape index (κ2) is 7.10. The van der Waals surface area contributed by atoms with Crippen LogP contribution in [0.4, 0.5) is 5.69 Å². The Labute approximate surface area is 140 Å². The molecule has 3 rings (SSSR count). The molecular formula is C17H22N4OS. The van der Waals surface area contributed by atoms with Gasteiger partial charge in [0.25, 0.3) is 5.91 Å². The highest BCUT2D eigenvalue weighted by Crippen LogP contribution is 2.26. The van der Waals surface area contributed by atoms with Crippen LogP contribution in [0.15, 0.2) is 36.0 Å². The Bertz CT molecular complexity index is 650. The van der Waals surface area contributed by atoms with Crippen LogP contribution in [0.5, 0.6) is 0 Å². The maximum Gasteiger partial charge on any atom is 0.266 e. The number of hydrogen-bond donors (Lipinski definition) is 1. The Kier molecular flexibility index (Phi) is 4.93. The number of aromatic nitrogens is 1. The van der Waals surface area contributed by atoms with Crippen LogP contribution in [0.3, 0.4) is 0 Å². The minimum atomic E-state index is 0.0452. The van der Waals surface area contributed by atoms with E-state index in [4.69, 9.17) is 5.73 Å². The molecule has 1 fully saturated rings. The summed E-state index contributed by atoms with van der Waals surface area (Å²) in [6.45, 7) is 2.64. The fourth-order valence-corrected chi connectivity index (χ4v) is 3.75. The quantitative estimate of drug-likeness (QED) is 0.935. The van der Waals surface area contributed by atoms with Gasteiger partial charge in [0.1, 0.15) is 4.88 Å². The number of amides is 1. The second-order valence-electron chi connectivity index (χ2n) is 6.03. The van der Waals surface area contributed by atoms with Crippen molar-refractivity contribution in [3.8, 4) is 0 Å². The number of pyridine rings is 1. The van der Waals surface area contributed by atoms with Crippen molar-refractivity contribution in [3.05, 3.63) is 46.4 Å². The number of nitrogens with zero attached hydrogens (tertiary/aromatic N) is 3. The van der Waals surface area contributed by atoms with E-state index in [1.165, 1.54) is 11.3 Å². The monoisotopic (exact) mass is 330 g/mol. The van der Waals surface area contributed by atoms with Crippen molar-refractivity contribution in [2.45, 2.75) is 25.4 Å². The number of rotatable bonds is 4. The van der Waals surface area contributed by atoms with E-state index in [0.717, 1.165) is 31.5 Å². The number of hydrogen-bond acceptors (Lipinski definition) is 5. The summed E-state index contributed by atoms with van der Waals surface area (Å²) in [7, 11) is 2.13. The van der Waals surface area contributed by atoms with Crippen LogP contribution in [0.2, 0.25) is 0 Å². The highest BCUT2D eigenvalue weighted by Gasteiger charge is 2.29. The Morgan fingerprint density at radius 3 is 2.65 bits per heavy atom. The molecule has 122 valence electrons. The molecule has 1 aliphatic heterocycles. The van der Waals surface area contributed by atoms with Crippen molar-refractivity contribution in [1.82, 2.24) is 14.8 Å². The number of carbonyl (C=O) groups is 1. The molecule has 3 heterocycles. The molecule has 2 aromatic heterocycles. The number of anilines is 1. The maximum absolute atomic E-state index is 13.0. The van der Waals surface area contributed by atoms with Crippen molar-refractivity contribution in [2.24, 2.45) is 0 Å². The lowest BCUT2D eigenvalue weighted by molar-refractivity contribution is 0.0575. The highest BCUT2D eigenvalue weighted by atomic mass is 32.1. The van der Waals surface area contributed by atoms with E-state index in [1.807, 2.05) is 22.4 Å².